The highest BCUT2D eigenvalue weighted by Gasteiger charge is 2.19. The summed E-state index contributed by atoms with van der Waals surface area (Å²) in [5.74, 6) is -0.556. The van der Waals surface area contributed by atoms with Gasteiger partial charge in [-0.2, -0.15) is 0 Å². The first-order valence-electron chi connectivity index (χ1n) is 5.69. The molecule has 108 valence electrons. The summed E-state index contributed by atoms with van der Waals surface area (Å²) in [6.45, 7) is 0. The number of anilines is 2. The van der Waals surface area contributed by atoms with Gasteiger partial charge in [0.25, 0.3) is 11.6 Å². The van der Waals surface area contributed by atoms with Crippen molar-refractivity contribution in [2.75, 3.05) is 11.1 Å². The number of nitrogen functional groups attached to an aromatic ring is 1. The van der Waals surface area contributed by atoms with E-state index in [1.165, 1.54) is 18.2 Å². The van der Waals surface area contributed by atoms with Gasteiger partial charge < -0.3 is 11.1 Å². The third kappa shape index (κ3) is 3.32. The Morgan fingerprint density at radius 1 is 1.33 bits per heavy atom. The number of carbonyl (C=O) groups excluding carboxylic acids is 1. The van der Waals surface area contributed by atoms with Crippen LogP contribution in [0.2, 0.25) is 5.02 Å². The predicted molar refractivity (Wildman–Crippen MR) is 84.6 cm³/mol. The van der Waals surface area contributed by atoms with Gasteiger partial charge in [-0.3, -0.25) is 14.9 Å². The van der Waals surface area contributed by atoms with Gasteiger partial charge in [-0.05, 0) is 40.2 Å². The van der Waals surface area contributed by atoms with Gasteiger partial charge in [0, 0.05) is 15.6 Å². The molecule has 2 aromatic rings. The highest BCUT2D eigenvalue weighted by Crippen LogP contribution is 2.29. The van der Waals surface area contributed by atoms with Crippen molar-refractivity contribution in [3.05, 3.63) is 61.6 Å². The third-order valence-corrected chi connectivity index (χ3v) is 3.63. The second kappa shape index (κ2) is 6.11. The first kappa shape index (κ1) is 15.3. The molecule has 21 heavy (non-hydrogen) atoms. The van der Waals surface area contributed by atoms with E-state index in [0.717, 1.165) is 0 Å². The molecule has 6 nitrogen and oxygen atoms in total. The lowest BCUT2D eigenvalue weighted by Crippen LogP contribution is -2.15. The smallest absolute Gasteiger partial charge is 0.292 e. The Kier molecular flexibility index (Phi) is 4.44. The number of rotatable bonds is 3. The maximum atomic E-state index is 12.2. The molecule has 0 unspecified atom stereocenters. The Morgan fingerprint density at radius 3 is 2.71 bits per heavy atom. The molecule has 0 saturated carbocycles. The van der Waals surface area contributed by atoms with Crippen molar-refractivity contribution in [1.29, 1.82) is 0 Å². The molecule has 0 aliphatic carbocycles. The molecule has 1 amide bonds. The number of hydrogen-bond donors (Lipinski definition) is 2. The van der Waals surface area contributed by atoms with Crippen molar-refractivity contribution in [3.63, 3.8) is 0 Å². The minimum absolute atomic E-state index is 0.0241. The van der Waals surface area contributed by atoms with Gasteiger partial charge in [0.1, 0.15) is 5.69 Å². The fourth-order valence-electron chi connectivity index (χ4n) is 1.69. The van der Waals surface area contributed by atoms with Crippen LogP contribution in [0.1, 0.15) is 10.4 Å². The molecule has 0 aliphatic heterocycles. The van der Waals surface area contributed by atoms with Crippen LogP contribution in [-0.2, 0) is 0 Å². The molecule has 0 radical (unpaired) electrons. The Morgan fingerprint density at radius 2 is 2.05 bits per heavy atom. The highest BCUT2D eigenvalue weighted by molar-refractivity contribution is 9.10. The molecule has 0 aromatic heterocycles. The van der Waals surface area contributed by atoms with Crippen LogP contribution in [-0.4, -0.2) is 10.8 Å². The molecular weight excluding hydrogens is 362 g/mol. The zero-order chi connectivity index (χ0) is 15.6. The topological polar surface area (TPSA) is 98.3 Å². The van der Waals surface area contributed by atoms with Gasteiger partial charge >= 0.3 is 0 Å². The number of para-hydroxylation sites is 1. The standard InChI is InChI=1S/C13H9BrClN3O3/c14-9-5-4-7(15)6-10(9)17-13(19)8-2-1-3-11(12(8)16)18(20)21/h1-6H,16H2,(H,17,19). The van der Waals surface area contributed by atoms with Crippen LogP contribution in [0.25, 0.3) is 0 Å². The minimum atomic E-state index is -0.637. The van der Waals surface area contributed by atoms with E-state index >= 15 is 0 Å². The zero-order valence-electron chi connectivity index (χ0n) is 10.5. The molecule has 3 N–H and O–H groups in total. The van der Waals surface area contributed by atoms with Gasteiger partial charge in [0.05, 0.1) is 16.2 Å². The summed E-state index contributed by atoms with van der Waals surface area (Å²) in [4.78, 5) is 22.4. The molecular formula is C13H9BrClN3O3. The number of hydrogen-bond acceptors (Lipinski definition) is 4. The van der Waals surface area contributed by atoms with Crippen molar-refractivity contribution < 1.29 is 9.72 Å². The second-order valence-electron chi connectivity index (χ2n) is 4.07. The number of nitro groups is 1. The van der Waals surface area contributed by atoms with E-state index in [-0.39, 0.29) is 16.9 Å². The van der Waals surface area contributed by atoms with Crippen molar-refractivity contribution in [3.8, 4) is 0 Å². The fourth-order valence-corrected chi connectivity index (χ4v) is 2.21. The van der Waals surface area contributed by atoms with E-state index in [0.29, 0.717) is 15.2 Å². The maximum absolute atomic E-state index is 12.2. The SMILES string of the molecule is Nc1c(C(=O)Nc2cc(Cl)ccc2Br)cccc1[N+](=O)[O-]. The minimum Gasteiger partial charge on any atom is -0.393 e. The van der Waals surface area contributed by atoms with Crippen molar-refractivity contribution in [2.45, 2.75) is 0 Å². The number of nitrogens with two attached hydrogens (primary N) is 1. The average Bonchev–Trinajstić information content (AvgIpc) is 2.42. The van der Waals surface area contributed by atoms with Crippen molar-refractivity contribution in [1.82, 2.24) is 0 Å². The van der Waals surface area contributed by atoms with Crippen LogP contribution < -0.4 is 11.1 Å². The normalized spacial score (nSPS) is 10.2. The molecule has 0 saturated heterocycles. The molecule has 0 aliphatic rings. The van der Waals surface area contributed by atoms with Crippen molar-refractivity contribution in [2.24, 2.45) is 0 Å². The zero-order valence-corrected chi connectivity index (χ0v) is 12.8. The Balaban J connectivity index is 2.35. The number of benzene rings is 2. The second-order valence-corrected chi connectivity index (χ2v) is 5.36. The van der Waals surface area contributed by atoms with Crippen LogP contribution in [0.5, 0.6) is 0 Å². The molecule has 2 rings (SSSR count). The van der Waals surface area contributed by atoms with Gasteiger partial charge in [-0.15, -0.1) is 0 Å². The molecule has 8 heteroatoms. The predicted octanol–water partition coefficient (Wildman–Crippen LogP) is 3.85. The number of nitrogens with zero attached hydrogens (tertiary/aromatic N) is 1. The van der Waals surface area contributed by atoms with E-state index in [9.17, 15) is 14.9 Å². The molecule has 0 atom stereocenters. The lowest BCUT2D eigenvalue weighted by molar-refractivity contribution is -0.383. The van der Waals surface area contributed by atoms with Crippen LogP contribution in [0, 0.1) is 10.1 Å². The number of nitrogens with one attached hydrogen (secondary N) is 1. The van der Waals surface area contributed by atoms with E-state index in [4.69, 9.17) is 17.3 Å². The van der Waals surface area contributed by atoms with Gasteiger partial charge in [-0.1, -0.05) is 17.7 Å². The van der Waals surface area contributed by atoms with Gasteiger partial charge in [0.2, 0.25) is 0 Å². The third-order valence-electron chi connectivity index (χ3n) is 2.70. The summed E-state index contributed by atoms with van der Waals surface area (Å²) < 4.78 is 0.629. The largest absolute Gasteiger partial charge is 0.393 e. The Hall–Kier alpha value is -2.12. The van der Waals surface area contributed by atoms with Crippen molar-refractivity contribution >= 4 is 50.5 Å². The van der Waals surface area contributed by atoms with E-state index in [1.807, 2.05) is 0 Å². The quantitative estimate of drug-likeness (QED) is 0.487. The lowest BCUT2D eigenvalue weighted by atomic mass is 10.1. The summed E-state index contributed by atoms with van der Waals surface area (Å²) in [5, 5.41) is 13.9. The molecule has 2 aromatic carbocycles. The van der Waals surface area contributed by atoms with E-state index in [2.05, 4.69) is 21.2 Å². The fraction of sp³-hybridized carbons (Fsp3) is 0. The van der Waals surface area contributed by atoms with Gasteiger partial charge in [-0.25, -0.2) is 0 Å². The summed E-state index contributed by atoms with van der Waals surface area (Å²) in [6, 6.07) is 8.93. The molecule has 0 fully saturated rings. The first-order chi connectivity index (χ1) is 9.90. The summed E-state index contributed by atoms with van der Waals surface area (Å²) >= 11 is 9.13. The van der Waals surface area contributed by atoms with Crippen LogP contribution in [0.15, 0.2) is 40.9 Å². The Bertz CT molecular complexity index is 737. The number of amides is 1. The van der Waals surface area contributed by atoms with Gasteiger partial charge in [0.15, 0.2) is 0 Å². The van der Waals surface area contributed by atoms with Crippen LogP contribution >= 0.6 is 27.5 Å². The molecule has 0 heterocycles. The monoisotopic (exact) mass is 369 g/mol. The maximum Gasteiger partial charge on any atom is 0.292 e. The average molecular weight is 371 g/mol. The number of halogens is 2. The molecule has 0 bridgehead atoms. The van der Waals surface area contributed by atoms with Crippen LogP contribution in [0.4, 0.5) is 17.1 Å². The summed E-state index contributed by atoms with van der Waals surface area (Å²) in [5.41, 5.74) is 5.64. The van der Waals surface area contributed by atoms with Crippen LogP contribution in [0.3, 0.4) is 0 Å². The number of carbonyl (C=O) groups is 1. The lowest BCUT2D eigenvalue weighted by Gasteiger charge is -2.09. The highest BCUT2D eigenvalue weighted by atomic mass is 79.9. The number of nitro benzene ring substituents is 1. The molecule has 0 spiro atoms. The summed E-state index contributed by atoms with van der Waals surface area (Å²) in [7, 11) is 0. The van der Waals surface area contributed by atoms with E-state index in [1.54, 1.807) is 18.2 Å². The first-order valence-corrected chi connectivity index (χ1v) is 6.86. The summed E-state index contributed by atoms with van der Waals surface area (Å²) in [6.07, 6.45) is 0. The Labute approximate surface area is 133 Å². The van der Waals surface area contributed by atoms with E-state index < -0.39 is 10.8 Å².